The number of carbonyl (C=O) groups excluding carboxylic acids is 1. The Labute approximate surface area is 147 Å². The van der Waals surface area contributed by atoms with Crippen LogP contribution in [0.4, 0.5) is 0 Å². The second-order valence-corrected chi connectivity index (χ2v) is 6.94. The van der Waals surface area contributed by atoms with E-state index in [0.29, 0.717) is 19.3 Å². The van der Waals surface area contributed by atoms with Crippen LogP contribution in [0.2, 0.25) is 0 Å². The number of benzene rings is 3. The molecule has 0 radical (unpaired) electrons. The van der Waals surface area contributed by atoms with Gasteiger partial charge in [0.15, 0.2) is 0 Å². The summed E-state index contributed by atoms with van der Waals surface area (Å²) in [6.07, 6.45) is 1.51. The molecule has 0 aliphatic heterocycles. The van der Waals surface area contributed by atoms with Crippen molar-refractivity contribution < 1.29 is 9.90 Å². The van der Waals surface area contributed by atoms with Gasteiger partial charge in [0, 0.05) is 19.4 Å². The fraction of sp³-hybridized carbons (Fsp3) is 0.227. The lowest BCUT2D eigenvalue weighted by Gasteiger charge is -2.22. The van der Waals surface area contributed by atoms with Gasteiger partial charge >= 0.3 is 0 Å². The largest absolute Gasteiger partial charge is 0.387 e. The molecule has 25 heavy (non-hydrogen) atoms. The zero-order valence-corrected chi connectivity index (χ0v) is 14.0. The molecule has 3 heteroatoms. The average molecular weight is 331 g/mol. The molecule has 1 aliphatic carbocycles. The molecule has 0 atom stereocenters. The van der Waals surface area contributed by atoms with Crippen molar-refractivity contribution in [2.24, 2.45) is 0 Å². The highest BCUT2D eigenvalue weighted by atomic mass is 16.3. The van der Waals surface area contributed by atoms with Crippen LogP contribution < -0.4 is 5.32 Å². The molecule has 3 aromatic carbocycles. The monoisotopic (exact) mass is 331 g/mol. The molecule has 3 nitrogen and oxygen atoms in total. The van der Waals surface area contributed by atoms with Gasteiger partial charge in [0.05, 0.1) is 12.0 Å². The summed E-state index contributed by atoms with van der Waals surface area (Å²) in [6, 6.07) is 22.2. The number of rotatable bonds is 4. The van der Waals surface area contributed by atoms with Crippen LogP contribution in [0.3, 0.4) is 0 Å². The minimum atomic E-state index is -0.877. The highest BCUT2D eigenvalue weighted by molar-refractivity contribution is 5.90. The van der Waals surface area contributed by atoms with Crippen molar-refractivity contribution in [2.45, 2.75) is 24.9 Å². The second-order valence-electron chi connectivity index (χ2n) is 6.94. The van der Waals surface area contributed by atoms with Gasteiger partial charge in [0.2, 0.25) is 5.91 Å². The topological polar surface area (TPSA) is 49.3 Å². The first-order chi connectivity index (χ1) is 12.1. The van der Waals surface area contributed by atoms with Crippen molar-refractivity contribution >= 4 is 16.7 Å². The summed E-state index contributed by atoms with van der Waals surface area (Å²) in [5.74, 6) is -0.0549. The summed E-state index contributed by atoms with van der Waals surface area (Å²) in [6.45, 7) is 0.283. The van der Waals surface area contributed by atoms with Crippen LogP contribution in [0.25, 0.3) is 10.8 Å². The van der Waals surface area contributed by atoms with E-state index in [1.165, 1.54) is 11.1 Å². The van der Waals surface area contributed by atoms with Crippen molar-refractivity contribution in [3.63, 3.8) is 0 Å². The van der Waals surface area contributed by atoms with E-state index in [2.05, 4.69) is 17.4 Å². The Kier molecular flexibility index (Phi) is 4.02. The van der Waals surface area contributed by atoms with Gasteiger partial charge in [-0.1, -0.05) is 66.7 Å². The molecular formula is C22H21NO2. The molecule has 4 rings (SSSR count). The minimum absolute atomic E-state index is 0.0549. The van der Waals surface area contributed by atoms with E-state index in [1.807, 2.05) is 54.6 Å². The zero-order valence-electron chi connectivity index (χ0n) is 14.0. The first-order valence-electron chi connectivity index (χ1n) is 8.65. The molecule has 3 aromatic rings. The van der Waals surface area contributed by atoms with Gasteiger partial charge in [-0.3, -0.25) is 4.79 Å². The van der Waals surface area contributed by atoms with Crippen molar-refractivity contribution in [1.29, 1.82) is 0 Å². The lowest BCUT2D eigenvalue weighted by Crippen LogP contribution is -2.44. The molecule has 0 saturated heterocycles. The molecule has 126 valence electrons. The fourth-order valence-electron chi connectivity index (χ4n) is 3.74. The molecule has 2 N–H and O–H groups in total. The van der Waals surface area contributed by atoms with Gasteiger partial charge in [-0.25, -0.2) is 0 Å². The van der Waals surface area contributed by atoms with Crippen molar-refractivity contribution in [3.05, 3.63) is 83.4 Å². The number of amides is 1. The van der Waals surface area contributed by atoms with Gasteiger partial charge in [0.25, 0.3) is 0 Å². The number of fused-ring (bicyclic) bond motifs is 2. The van der Waals surface area contributed by atoms with Crippen LogP contribution >= 0.6 is 0 Å². The van der Waals surface area contributed by atoms with E-state index in [9.17, 15) is 9.90 Å². The van der Waals surface area contributed by atoms with Crippen LogP contribution in [-0.4, -0.2) is 23.2 Å². The second kappa shape index (κ2) is 6.34. The van der Waals surface area contributed by atoms with Gasteiger partial charge in [-0.15, -0.1) is 0 Å². The predicted molar refractivity (Wildman–Crippen MR) is 99.5 cm³/mol. The van der Waals surface area contributed by atoms with Crippen molar-refractivity contribution in [1.82, 2.24) is 5.32 Å². The molecule has 1 amide bonds. The Balaban J connectivity index is 1.41. The number of aliphatic hydroxyl groups is 1. The van der Waals surface area contributed by atoms with E-state index in [-0.39, 0.29) is 12.5 Å². The first kappa shape index (κ1) is 15.9. The third-order valence-electron chi connectivity index (χ3n) is 5.00. The van der Waals surface area contributed by atoms with E-state index in [0.717, 1.165) is 16.3 Å². The molecule has 0 heterocycles. The Morgan fingerprint density at radius 3 is 2.32 bits per heavy atom. The van der Waals surface area contributed by atoms with Gasteiger partial charge < -0.3 is 10.4 Å². The molecule has 0 fully saturated rings. The summed E-state index contributed by atoms with van der Waals surface area (Å²) in [7, 11) is 0. The van der Waals surface area contributed by atoms with E-state index in [4.69, 9.17) is 0 Å². The Morgan fingerprint density at radius 1 is 0.920 bits per heavy atom. The molecule has 0 spiro atoms. The number of hydrogen-bond acceptors (Lipinski definition) is 2. The highest BCUT2D eigenvalue weighted by Crippen LogP contribution is 2.29. The maximum atomic E-state index is 12.4. The van der Waals surface area contributed by atoms with E-state index >= 15 is 0 Å². The maximum Gasteiger partial charge on any atom is 0.224 e. The number of carbonyl (C=O) groups is 1. The quantitative estimate of drug-likeness (QED) is 0.772. The van der Waals surface area contributed by atoms with Crippen molar-refractivity contribution in [3.8, 4) is 0 Å². The van der Waals surface area contributed by atoms with Gasteiger partial charge in [-0.05, 0) is 27.5 Å². The minimum Gasteiger partial charge on any atom is -0.387 e. The zero-order chi connectivity index (χ0) is 17.3. The molecule has 1 aliphatic rings. The number of nitrogens with one attached hydrogen (secondary N) is 1. The maximum absolute atomic E-state index is 12.4. The van der Waals surface area contributed by atoms with E-state index < -0.39 is 5.60 Å². The van der Waals surface area contributed by atoms with Crippen LogP contribution in [0, 0.1) is 0 Å². The van der Waals surface area contributed by atoms with E-state index in [1.54, 1.807) is 0 Å². The summed E-state index contributed by atoms with van der Waals surface area (Å²) in [4.78, 5) is 12.4. The average Bonchev–Trinajstić information content (AvgIpc) is 2.97. The molecular weight excluding hydrogens is 310 g/mol. The molecule has 0 saturated carbocycles. The molecule has 0 bridgehead atoms. The summed E-state index contributed by atoms with van der Waals surface area (Å²) < 4.78 is 0. The SMILES string of the molecule is O=C(Cc1cccc2ccccc12)NCC1(O)Cc2ccccc2C1. The Bertz CT molecular complexity index is 902. The first-order valence-corrected chi connectivity index (χ1v) is 8.65. The molecule has 0 unspecified atom stereocenters. The summed E-state index contributed by atoms with van der Waals surface area (Å²) in [5.41, 5.74) is 2.48. The highest BCUT2D eigenvalue weighted by Gasteiger charge is 2.35. The standard InChI is InChI=1S/C22H21NO2/c24-21(12-17-10-5-9-16-6-3-4-11-20(16)17)23-15-22(25)13-18-7-1-2-8-19(18)14-22/h1-11,25H,12-15H2,(H,23,24). The Morgan fingerprint density at radius 2 is 1.56 bits per heavy atom. The van der Waals surface area contributed by atoms with Crippen molar-refractivity contribution in [2.75, 3.05) is 6.54 Å². The smallest absolute Gasteiger partial charge is 0.224 e. The number of hydrogen-bond donors (Lipinski definition) is 2. The lowest BCUT2D eigenvalue weighted by molar-refractivity contribution is -0.121. The van der Waals surface area contributed by atoms with Crippen LogP contribution in [-0.2, 0) is 24.1 Å². The lowest BCUT2D eigenvalue weighted by atomic mass is 9.99. The van der Waals surface area contributed by atoms with Gasteiger partial charge in [0.1, 0.15) is 0 Å². The Hall–Kier alpha value is -2.65. The van der Waals surface area contributed by atoms with Gasteiger partial charge in [-0.2, -0.15) is 0 Å². The van der Waals surface area contributed by atoms with Crippen LogP contribution in [0.5, 0.6) is 0 Å². The fourth-order valence-corrected chi connectivity index (χ4v) is 3.74. The third-order valence-corrected chi connectivity index (χ3v) is 5.00. The predicted octanol–water partition coefficient (Wildman–Crippen LogP) is 3.03. The summed E-state index contributed by atoms with van der Waals surface area (Å²) in [5, 5.41) is 15.9. The molecule has 0 aromatic heterocycles. The normalized spacial score (nSPS) is 15.1. The van der Waals surface area contributed by atoms with Crippen LogP contribution in [0.15, 0.2) is 66.7 Å². The summed E-state index contributed by atoms with van der Waals surface area (Å²) >= 11 is 0. The van der Waals surface area contributed by atoms with Crippen LogP contribution in [0.1, 0.15) is 16.7 Å². The third kappa shape index (κ3) is 3.28.